The normalized spacial score (nSPS) is 16.9. The summed E-state index contributed by atoms with van der Waals surface area (Å²) in [6.45, 7) is 5.61. The zero-order chi connectivity index (χ0) is 25.4. The Hall–Kier alpha value is -4.05. The van der Waals surface area contributed by atoms with Crippen molar-refractivity contribution in [2.24, 2.45) is 0 Å². The van der Waals surface area contributed by atoms with E-state index < -0.39 is 0 Å². The zero-order valence-electron chi connectivity index (χ0n) is 20.8. The first-order valence-corrected chi connectivity index (χ1v) is 12.7. The average molecular weight is 500 g/mol. The third-order valence-corrected chi connectivity index (χ3v) is 7.41. The number of ether oxygens (including phenoxy) is 1. The van der Waals surface area contributed by atoms with Gasteiger partial charge in [-0.15, -0.1) is 5.10 Å². The van der Waals surface area contributed by atoms with E-state index in [9.17, 15) is 9.59 Å². The Balaban J connectivity index is 1.21. The minimum absolute atomic E-state index is 0.0138. The number of hydrogen-bond donors (Lipinski definition) is 1. The molecule has 190 valence electrons. The molecular formula is C27H29N7O3. The third kappa shape index (κ3) is 4.60. The van der Waals surface area contributed by atoms with Crippen molar-refractivity contribution in [3.05, 3.63) is 59.8 Å². The molecule has 2 aromatic carbocycles. The number of H-pyrrole nitrogens is 1. The molecule has 0 bridgehead atoms. The van der Waals surface area contributed by atoms with Gasteiger partial charge in [0, 0.05) is 44.1 Å². The maximum Gasteiger partial charge on any atom is 0.254 e. The molecule has 0 spiro atoms. The van der Waals surface area contributed by atoms with E-state index in [2.05, 4.69) is 38.7 Å². The highest BCUT2D eigenvalue weighted by Crippen LogP contribution is 2.33. The van der Waals surface area contributed by atoms with Crippen LogP contribution in [0.2, 0.25) is 0 Å². The van der Waals surface area contributed by atoms with E-state index in [1.165, 1.54) is 5.56 Å². The van der Waals surface area contributed by atoms with Crippen molar-refractivity contribution in [2.45, 2.75) is 25.7 Å². The number of nitrogens with one attached hydrogen (secondary N) is 1. The Morgan fingerprint density at radius 3 is 2.46 bits per heavy atom. The lowest BCUT2D eigenvalue weighted by atomic mass is 9.88. The molecule has 0 radical (unpaired) electrons. The predicted molar refractivity (Wildman–Crippen MR) is 137 cm³/mol. The lowest BCUT2D eigenvalue weighted by Crippen LogP contribution is -2.40. The van der Waals surface area contributed by atoms with Gasteiger partial charge >= 0.3 is 0 Å². The van der Waals surface area contributed by atoms with E-state index >= 15 is 0 Å². The fourth-order valence-electron chi connectivity index (χ4n) is 5.21. The van der Waals surface area contributed by atoms with Gasteiger partial charge in [-0.3, -0.25) is 14.7 Å². The molecule has 37 heavy (non-hydrogen) atoms. The molecule has 0 atom stereocenters. The fourth-order valence-corrected chi connectivity index (χ4v) is 5.21. The number of piperidine rings is 1. The largest absolute Gasteiger partial charge is 0.378 e. The minimum atomic E-state index is 0.0138. The number of amides is 2. The molecule has 0 aliphatic carbocycles. The van der Waals surface area contributed by atoms with Crippen LogP contribution in [0.4, 0.5) is 0 Å². The minimum Gasteiger partial charge on any atom is -0.378 e. The van der Waals surface area contributed by atoms with Crippen LogP contribution in [0.15, 0.2) is 48.7 Å². The van der Waals surface area contributed by atoms with E-state index in [0.29, 0.717) is 43.5 Å². The summed E-state index contributed by atoms with van der Waals surface area (Å²) in [5, 5.41) is 17.3. The quantitative estimate of drug-likeness (QED) is 0.462. The highest BCUT2D eigenvalue weighted by molar-refractivity contribution is 5.94. The molecule has 2 aliphatic heterocycles. The van der Waals surface area contributed by atoms with Gasteiger partial charge in [0.05, 0.1) is 30.6 Å². The van der Waals surface area contributed by atoms with Gasteiger partial charge in [0.1, 0.15) is 11.4 Å². The van der Waals surface area contributed by atoms with Gasteiger partial charge in [-0.2, -0.15) is 5.10 Å². The summed E-state index contributed by atoms with van der Waals surface area (Å²) in [7, 11) is 0. The van der Waals surface area contributed by atoms with Crippen molar-refractivity contribution in [1.29, 1.82) is 0 Å². The molecule has 10 nitrogen and oxygen atoms in total. The van der Waals surface area contributed by atoms with E-state index in [-0.39, 0.29) is 11.8 Å². The van der Waals surface area contributed by atoms with Gasteiger partial charge in [0.2, 0.25) is 5.91 Å². The monoisotopic (exact) mass is 499 g/mol. The van der Waals surface area contributed by atoms with E-state index in [4.69, 9.17) is 4.74 Å². The van der Waals surface area contributed by atoms with Crippen molar-refractivity contribution < 1.29 is 14.3 Å². The predicted octanol–water partition coefficient (Wildman–Crippen LogP) is 3.01. The van der Waals surface area contributed by atoms with Crippen LogP contribution in [-0.4, -0.2) is 86.2 Å². The van der Waals surface area contributed by atoms with Crippen molar-refractivity contribution in [2.75, 3.05) is 39.4 Å². The number of nitrogens with zero attached hydrogens (tertiary/aromatic N) is 6. The molecule has 6 rings (SSSR count). The summed E-state index contributed by atoms with van der Waals surface area (Å²) in [6.07, 6.45) is 3.77. The van der Waals surface area contributed by atoms with Crippen LogP contribution in [-0.2, 0) is 9.53 Å². The average Bonchev–Trinajstić information content (AvgIpc) is 3.60. The zero-order valence-corrected chi connectivity index (χ0v) is 20.8. The van der Waals surface area contributed by atoms with Gasteiger partial charge in [-0.25, -0.2) is 4.68 Å². The molecule has 0 saturated carbocycles. The number of benzene rings is 2. The first-order valence-electron chi connectivity index (χ1n) is 12.7. The van der Waals surface area contributed by atoms with Crippen molar-refractivity contribution in [1.82, 2.24) is 35.0 Å². The molecule has 0 unspecified atom stereocenters. The second kappa shape index (κ2) is 9.78. The molecule has 2 amide bonds. The number of likely N-dealkylation sites (tertiary alicyclic amines) is 1. The Bertz CT molecular complexity index is 1430. The number of hydrogen-bond acceptors (Lipinski definition) is 6. The molecule has 2 aromatic heterocycles. The Labute approximate surface area is 214 Å². The molecule has 2 saturated heterocycles. The lowest BCUT2D eigenvalue weighted by molar-refractivity contribution is -0.129. The topological polar surface area (TPSA) is 109 Å². The van der Waals surface area contributed by atoms with Crippen LogP contribution in [0.3, 0.4) is 0 Å². The number of fused-ring (bicyclic) bond motifs is 1. The molecule has 1 N–H and O–H groups in total. The molecule has 10 heteroatoms. The molecule has 2 fully saturated rings. The number of carbonyl (C=O) groups is 2. The highest BCUT2D eigenvalue weighted by Gasteiger charge is 2.23. The van der Waals surface area contributed by atoms with Gasteiger partial charge in [0.25, 0.3) is 5.91 Å². The summed E-state index contributed by atoms with van der Waals surface area (Å²) in [5.41, 5.74) is 5.08. The van der Waals surface area contributed by atoms with E-state index in [1.54, 1.807) is 11.6 Å². The maximum absolute atomic E-state index is 12.7. The Morgan fingerprint density at radius 1 is 0.973 bits per heavy atom. The summed E-state index contributed by atoms with van der Waals surface area (Å²) in [5.74, 6) is 0.574. The van der Waals surface area contributed by atoms with E-state index in [0.717, 1.165) is 48.2 Å². The van der Waals surface area contributed by atoms with Gasteiger partial charge in [-0.1, -0.05) is 11.3 Å². The molecule has 2 aliphatic rings. The summed E-state index contributed by atoms with van der Waals surface area (Å²) >= 11 is 0. The van der Waals surface area contributed by atoms with Crippen molar-refractivity contribution >= 4 is 22.7 Å². The standard InChI is InChI=1S/C27H29N7O3/c1-18(35)32-10-8-19(9-11-32)21-4-7-24-23(16-21)26(30-28-24)25-17-34(31-29-25)22-5-2-20(3-6-22)27(36)33-12-14-37-15-13-33/h2-7,16-17,19H,8-15H2,1H3,(H,28,30). The van der Waals surface area contributed by atoms with Gasteiger partial charge in [0.15, 0.2) is 0 Å². The smallest absolute Gasteiger partial charge is 0.254 e. The van der Waals surface area contributed by atoms with Gasteiger partial charge in [-0.05, 0) is 60.7 Å². The van der Waals surface area contributed by atoms with Crippen molar-refractivity contribution in [3.63, 3.8) is 0 Å². The summed E-state index contributed by atoms with van der Waals surface area (Å²) in [6, 6.07) is 13.8. The number of rotatable bonds is 4. The molecule has 4 aromatic rings. The molecular weight excluding hydrogens is 470 g/mol. The Kier molecular flexibility index (Phi) is 6.17. The Morgan fingerprint density at radius 2 is 1.73 bits per heavy atom. The number of aromatic amines is 1. The maximum atomic E-state index is 12.7. The second-order valence-electron chi connectivity index (χ2n) is 9.66. The van der Waals surface area contributed by atoms with Crippen LogP contribution in [0, 0.1) is 0 Å². The number of aromatic nitrogens is 5. The fraction of sp³-hybridized carbons (Fsp3) is 0.370. The van der Waals surface area contributed by atoms with Crippen LogP contribution < -0.4 is 0 Å². The number of carbonyl (C=O) groups excluding carboxylic acids is 2. The third-order valence-electron chi connectivity index (χ3n) is 7.41. The lowest BCUT2D eigenvalue weighted by Gasteiger charge is -2.31. The number of morpholine rings is 1. The molecule has 4 heterocycles. The van der Waals surface area contributed by atoms with Gasteiger partial charge < -0.3 is 14.5 Å². The summed E-state index contributed by atoms with van der Waals surface area (Å²) < 4.78 is 7.03. The van der Waals surface area contributed by atoms with Crippen LogP contribution in [0.1, 0.15) is 41.6 Å². The van der Waals surface area contributed by atoms with Crippen LogP contribution in [0.25, 0.3) is 28.0 Å². The second-order valence-corrected chi connectivity index (χ2v) is 9.66. The SMILES string of the molecule is CC(=O)N1CCC(c2ccc3[nH]nc(-c4cn(-c5ccc(C(=O)N6CCOCC6)cc5)nn4)c3c2)CC1. The van der Waals surface area contributed by atoms with Crippen molar-refractivity contribution in [3.8, 4) is 17.1 Å². The van der Waals surface area contributed by atoms with Crippen LogP contribution >= 0.6 is 0 Å². The van der Waals surface area contributed by atoms with E-state index in [1.807, 2.05) is 40.3 Å². The first kappa shape index (κ1) is 23.4. The first-order chi connectivity index (χ1) is 18.1. The van der Waals surface area contributed by atoms with Crippen LogP contribution in [0.5, 0.6) is 0 Å². The highest BCUT2D eigenvalue weighted by atomic mass is 16.5. The summed E-state index contributed by atoms with van der Waals surface area (Å²) in [4.78, 5) is 28.1.